The third-order valence-electron chi connectivity index (χ3n) is 4.53. The second-order valence-corrected chi connectivity index (χ2v) is 6.55. The molecule has 3 aromatic rings. The maximum atomic E-state index is 6.05. The van der Waals surface area contributed by atoms with Gasteiger partial charge in [0.1, 0.15) is 0 Å². The summed E-state index contributed by atoms with van der Waals surface area (Å²) in [7, 11) is 0. The first-order valence-corrected chi connectivity index (χ1v) is 8.44. The van der Waals surface area contributed by atoms with E-state index in [4.69, 9.17) is 11.6 Å². The molecule has 0 saturated carbocycles. The average Bonchev–Trinajstić information content (AvgIpc) is 2.96. The summed E-state index contributed by atoms with van der Waals surface area (Å²) in [5, 5.41) is 4.90. The van der Waals surface area contributed by atoms with Gasteiger partial charge in [0.2, 0.25) is 0 Å². The van der Waals surface area contributed by atoms with Crippen molar-refractivity contribution in [1.82, 2.24) is 19.5 Å². The predicted molar refractivity (Wildman–Crippen MR) is 91.7 cm³/mol. The Morgan fingerprint density at radius 2 is 2.04 bits per heavy atom. The molecule has 1 fully saturated rings. The Bertz CT molecular complexity index is 799. The lowest BCUT2D eigenvalue weighted by atomic mass is 9.94. The first-order chi connectivity index (χ1) is 11.3. The van der Waals surface area contributed by atoms with Crippen molar-refractivity contribution in [3.05, 3.63) is 65.1 Å². The summed E-state index contributed by atoms with van der Waals surface area (Å²) >= 11 is 6.05. The third kappa shape index (κ3) is 3.09. The lowest BCUT2D eigenvalue weighted by Crippen LogP contribution is -2.34. The molecule has 0 bridgehead atoms. The van der Waals surface area contributed by atoms with Crippen molar-refractivity contribution in [3.8, 4) is 0 Å². The largest absolute Gasteiger partial charge is 0.298 e. The van der Waals surface area contributed by atoms with Crippen molar-refractivity contribution in [2.45, 2.75) is 25.3 Å². The van der Waals surface area contributed by atoms with E-state index in [0.29, 0.717) is 11.1 Å². The lowest BCUT2D eigenvalue weighted by Gasteiger charge is -2.33. The second kappa shape index (κ2) is 6.30. The van der Waals surface area contributed by atoms with Gasteiger partial charge in [-0.2, -0.15) is 5.10 Å². The van der Waals surface area contributed by atoms with Gasteiger partial charge >= 0.3 is 0 Å². The van der Waals surface area contributed by atoms with E-state index in [2.05, 4.69) is 51.4 Å². The van der Waals surface area contributed by atoms with Crippen molar-refractivity contribution in [2.24, 2.45) is 0 Å². The van der Waals surface area contributed by atoms with Crippen molar-refractivity contribution in [3.63, 3.8) is 0 Å². The molecular formula is C18H19ClN4. The summed E-state index contributed by atoms with van der Waals surface area (Å²) < 4.78 is 1.90. The minimum Gasteiger partial charge on any atom is -0.298 e. The quantitative estimate of drug-likeness (QED) is 0.734. The Morgan fingerprint density at radius 3 is 2.91 bits per heavy atom. The van der Waals surface area contributed by atoms with E-state index in [1.807, 2.05) is 16.8 Å². The summed E-state index contributed by atoms with van der Waals surface area (Å²) in [4.78, 5) is 6.88. The van der Waals surface area contributed by atoms with Gasteiger partial charge in [-0.15, -0.1) is 0 Å². The van der Waals surface area contributed by atoms with E-state index >= 15 is 0 Å². The molecule has 4 rings (SSSR count). The number of piperidine rings is 1. The summed E-state index contributed by atoms with van der Waals surface area (Å²) in [6, 6.07) is 14.6. The minimum atomic E-state index is 0.467. The van der Waals surface area contributed by atoms with E-state index in [9.17, 15) is 0 Å². The van der Waals surface area contributed by atoms with Crippen molar-refractivity contribution in [2.75, 3.05) is 13.1 Å². The van der Waals surface area contributed by atoms with Crippen molar-refractivity contribution < 1.29 is 0 Å². The van der Waals surface area contributed by atoms with Crippen LogP contribution in [-0.2, 0) is 6.54 Å². The zero-order valence-corrected chi connectivity index (χ0v) is 13.7. The number of hydrogen-bond donors (Lipinski definition) is 0. The topological polar surface area (TPSA) is 33.4 Å². The van der Waals surface area contributed by atoms with E-state index in [-0.39, 0.29) is 0 Å². The van der Waals surface area contributed by atoms with Crippen LogP contribution < -0.4 is 0 Å². The molecule has 0 N–H and O–H groups in total. The highest BCUT2D eigenvalue weighted by Gasteiger charge is 2.24. The first-order valence-electron chi connectivity index (χ1n) is 8.06. The van der Waals surface area contributed by atoms with Crippen molar-refractivity contribution >= 4 is 17.2 Å². The first kappa shape index (κ1) is 14.7. The molecule has 2 aromatic heterocycles. The molecule has 1 saturated heterocycles. The summed E-state index contributed by atoms with van der Waals surface area (Å²) in [5.74, 6) is 0.467. The monoisotopic (exact) mass is 326 g/mol. The highest BCUT2D eigenvalue weighted by atomic mass is 35.5. The van der Waals surface area contributed by atoms with Gasteiger partial charge in [0.25, 0.3) is 0 Å². The van der Waals surface area contributed by atoms with Gasteiger partial charge < -0.3 is 0 Å². The smallest absolute Gasteiger partial charge is 0.156 e. The molecule has 23 heavy (non-hydrogen) atoms. The SMILES string of the molecule is Clc1cc2nccc(C3CCCN(Cc4ccccc4)C3)n2n1. The van der Waals surface area contributed by atoms with Crippen LogP contribution in [0.2, 0.25) is 5.15 Å². The maximum Gasteiger partial charge on any atom is 0.156 e. The van der Waals surface area contributed by atoms with Crippen LogP contribution in [0.5, 0.6) is 0 Å². The fourth-order valence-electron chi connectivity index (χ4n) is 3.48. The van der Waals surface area contributed by atoms with Gasteiger partial charge in [-0.3, -0.25) is 4.90 Å². The molecule has 0 spiro atoms. The highest BCUT2D eigenvalue weighted by molar-refractivity contribution is 6.29. The number of halogens is 1. The van der Waals surface area contributed by atoms with Gasteiger partial charge in [-0.1, -0.05) is 41.9 Å². The van der Waals surface area contributed by atoms with Gasteiger partial charge in [0, 0.05) is 31.3 Å². The standard InChI is InChI=1S/C18H19ClN4/c19-17-11-18-20-9-8-16(23(18)21-17)15-7-4-10-22(13-15)12-14-5-2-1-3-6-14/h1-3,5-6,8-9,11,15H,4,7,10,12-13H2. The Morgan fingerprint density at radius 1 is 1.17 bits per heavy atom. The zero-order chi connectivity index (χ0) is 15.6. The fourth-order valence-corrected chi connectivity index (χ4v) is 3.65. The molecule has 0 radical (unpaired) electrons. The summed E-state index contributed by atoms with van der Waals surface area (Å²) in [5.41, 5.74) is 3.41. The molecule has 3 heterocycles. The van der Waals surface area contributed by atoms with Crippen LogP contribution in [0.1, 0.15) is 30.0 Å². The Hall–Kier alpha value is -1.91. The van der Waals surface area contributed by atoms with Crippen LogP contribution in [-0.4, -0.2) is 32.6 Å². The van der Waals surface area contributed by atoms with Gasteiger partial charge in [0.05, 0.1) is 5.69 Å². The van der Waals surface area contributed by atoms with E-state index in [0.717, 1.165) is 25.3 Å². The van der Waals surface area contributed by atoms with Crippen LogP contribution in [0.25, 0.3) is 5.65 Å². The highest BCUT2D eigenvalue weighted by Crippen LogP contribution is 2.28. The third-order valence-corrected chi connectivity index (χ3v) is 4.71. The molecule has 0 aliphatic carbocycles. The number of nitrogens with zero attached hydrogens (tertiary/aromatic N) is 4. The summed E-state index contributed by atoms with van der Waals surface area (Å²) in [6.07, 6.45) is 4.25. The molecular weight excluding hydrogens is 308 g/mol. The molecule has 4 nitrogen and oxygen atoms in total. The average molecular weight is 327 g/mol. The Balaban J connectivity index is 1.56. The van der Waals surface area contributed by atoms with Crippen LogP contribution in [0.3, 0.4) is 0 Å². The van der Waals surface area contributed by atoms with Crippen LogP contribution in [0.15, 0.2) is 48.7 Å². The molecule has 1 atom stereocenters. The van der Waals surface area contributed by atoms with Gasteiger partial charge in [-0.25, -0.2) is 9.50 Å². The Kier molecular flexibility index (Phi) is 4.02. The summed E-state index contributed by atoms with van der Waals surface area (Å²) in [6.45, 7) is 3.20. The Labute approximate surface area is 140 Å². The number of fused-ring (bicyclic) bond motifs is 1. The minimum absolute atomic E-state index is 0.467. The van der Waals surface area contributed by atoms with E-state index < -0.39 is 0 Å². The fraction of sp³-hybridized carbons (Fsp3) is 0.333. The van der Waals surface area contributed by atoms with E-state index in [1.165, 1.54) is 24.1 Å². The molecule has 1 aromatic carbocycles. The number of benzene rings is 1. The molecule has 1 aliphatic rings. The number of aromatic nitrogens is 3. The number of rotatable bonds is 3. The van der Waals surface area contributed by atoms with Crippen molar-refractivity contribution in [1.29, 1.82) is 0 Å². The maximum absolute atomic E-state index is 6.05. The number of hydrogen-bond acceptors (Lipinski definition) is 3. The van der Waals surface area contributed by atoms with Crippen LogP contribution >= 0.6 is 11.6 Å². The normalized spacial score (nSPS) is 19.3. The van der Waals surface area contributed by atoms with Crippen LogP contribution in [0.4, 0.5) is 0 Å². The van der Waals surface area contributed by atoms with Gasteiger partial charge in [-0.05, 0) is 31.0 Å². The van der Waals surface area contributed by atoms with Crippen LogP contribution in [0, 0.1) is 0 Å². The van der Waals surface area contributed by atoms with Gasteiger partial charge in [0.15, 0.2) is 10.8 Å². The zero-order valence-electron chi connectivity index (χ0n) is 12.9. The molecule has 1 aliphatic heterocycles. The predicted octanol–water partition coefficient (Wildman–Crippen LogP) is 3.76. The lowest BCUT2D eigenvalue weighted by molar-refractivity contribution is 0.197. The second-order valence-electron chi connectivity index (χ2n) is 6.17. The molecule has 1 unspecified atom stereocenters. The number of likely N-dealkylation sites (tertiary alicyclic amines) is 1. The molecule has 118 valence electrons. The molecule has 0 amide bonds. The van der Waals surface area contributed by atoms with E-state index in [1.54, 1.807) is 0 Å². The molecule has 5 heteroatoms.